The minimum atomic E-state index is -3.45. The molecule has 0 radical (unpaired) electrons. The van der Waals surface area contributed by atoms with Gasteiger partial charge in [0.1, 0.15) is 0 Å². The van der Waals surface area contributed by atoms with Crippen molar-refractivity contribution in [1.82, 2.24) is 0 Å². The van der Waals surface area contributed by atoms with Gasteiger partial charge in [-0.05, 0) is 24.1 Å². The van der Waals surface area contributed by atoms with E-state index in [0.29, 0.717) is 18.2 Å². The zero-order chi connectivity index (χ0) is 13.8. The molecule has 1 rings (SSSR count). The predicted octanol–water partition coefficient (Wildman–Crippen LogP) is 2.37. The first-order chi connectivity index (χ1) is 8.33. The average Bonchev–Trinajstić information content (AvgIpc) is 2.27. The molecule has 0 heterocycles. The first kappa shape index (κ1) is 15.3. The molecule has 4 nitrogen and oxygen atoms in total. The lowest BCUT2D eigenvalue weighted by Crippen LogP contribution is -2.15. The second kappa shape index (κ2) is 6.41. The minimum Gasteiger partial charge on any atom is -0.399 e. The van der Waals surface area contributed by atoms with Crippen LogP contribution in [0.15, 0.2) is 23.1 Å². The highest BCUT2D eigenvalue weighted by Crippen LogP contribution is 2.24. The van der Waals surface area contributed by atoms with Crippen molar-refractivity contribution in [3.8, 4) is 0 Å². The zero-order valence-electron chi connectivity index (χ0n) is 10.5. The molecule has 0 fully saturated rings. The van der Waals surface area contributed by atoms with E-state index in [0.717, 1.165) is 0 Å². The molecule has 2 N–H and O–H groups in total. The lowest BCUT2D eigenvalue weighted by atomic mass is 10.2. The number of nitrogens with two attached hydrogens (primary N) is 1. The maximum atomic E-state index is 12.0. The molecule has 0 unspecified atom stereocenters. The van der Waals surface area contributed by atoms with E-state index in [4.69, 9.17) is 22.1 Å². The molecule has 18 heavy (non-hydrogen) atoms. The van der Waals surface area contributed by atoms with Gasteiger partial charge in [0.15, 0.2) is 9.84 Å². The van der Waals surface area contributed by atoms with Crippen molar-refractivity contribution >= 4 is 27.1 Å². The van der Waals surface area contributed by atoms with Gasteiger partial charge in [-0.3, -0.25) is 0 Å². The summed E-state index contributed by atoms with van der Waals surface area (Å²) in [5.74, 6) is 0.284. The summed E-state index contributed by atoms with van der Waals surface area (Å²) in [6.45, 7) is 4.71. The summed E-state index contributed by atoms with van der Waals surface area (Å²) in [6.07, 6.45) is 0. The largest absolute Gasteiger partial charge is 0.399 e. The number of sulfone groups is 1. The van der Waals surface area contributed by atoms with Crippen LogP contribution in [0.4, 0.5) is 5.69 Å². The van der Waals surface area contributed by atoms with Gasteiger partial charge in [0.25, 0.3) is 0 Å². The van der Waals surface area contributed by atoms with E-state index in [-0.39, 0.29) is 22.3 Å². The molecule has 0 aliphatic carbocycles. The molecule has 1 aromatic carbocycles. The summed E-state index contributed by atoms with van der Waals surface area (Å²) < 4.78 is 29.3. The summed E-state index contributed by atoms with van der Waals surface area (Å²) >= 11 is 5.87. The molecule has 0 spiro atoms. The van der Waals surface area contributed by atoms with E-state index >= 15 is 0 Å². The fraction of sp³-hybridized carbons (Fsp3) is 0.500. The number of benzene rings is 1. The molecule has 0 aromatic heterocycles. The molecule has 0 saturated carbocycles. The van der Waals surface area contributed by atoms with Crippen molar-refractivity contribution in [2.45, 2.75) is 18.7 Å². The van der Waals surface area contributed by atoms with Gasteiger partial charge in [-0.25, -0.2) is 8.42 Å². The normalized spacial score (nSPS) is 12.0. The van der Waals surface area contributed by atoms with Gasteiger partial charge in [0, 0.05) is 12.3 Å². The van der Waals surface area contributed by atoms with E-state index in [1.54, 1.807) is 6.07 Å². The molecule has 1 aromatic rings. The number of hydrogen-bond donors (Lipinski definition) is 1. The number of hydrogen-bond acceptors (Lipinski definition) is 4. The third-order valence-electron chi connectivity index (χ3n) is 2.24. The molecule has 0 saturated heterocycles. The van der Waals surface area contributed by atoms with Crippen LogP contribution in [-0.4, -0.2) is 27.4 Å². The monoisotopic (exact) mass is 291 g/mol. The van der Waals surface area contributed by atoms with Crippen LogP contribution in [0.1, 0.15) is 13.8 Å². The molecule has 0 atom stereocenters. The van der Waals surface area contributed by atoms with Gasteiger partial charge in [-0.2, -0.15) is 0 Å². The summed E-state index contributed by atoms with van der Waals surface area (Å²) in [5.41, 5.74) is 5.94. The van der Waals surface area contributed by atoms with Crippen molar-refractivity contribution in [3.05, 3.63) is 23.2 Å². The van der Waals surface area contributed by atoms with E-state index in [2.05, 4.69) is 0 Å². The maximum Gasteiger partial charge on any atom is 0.182 e. The minimum absolute atomic E-state index is 0.0670. The Morgan fingerprint density at radius 2 is 2.06 bits per heavy atom. The average molecular weight is 292 g/mol. The first-order valence-corrected chi connectivity index (χ1v) is 7.71. The van der Waals surface area contributed by atoms with Crippen LogP contribution in [0.25, 0.3) is 0 Å². The predicted molar refractivity (Wildman–Crippen MR) is 73.6 cm³/mol. The summed E-state index contributed by atoms with van der Waals surface area (Å²) in [4.78, 5) is 0.0670. The number of halogens is 1. The molecule has 6 heteroatoms. The number of nitrogen functional groups attached to an aromatic ring is 1. The van der Waals surface area contributed by atoms with Crippen LogP contribution in [0.2, 0.25) is 5.02 Å². The molecular formula is C12H18ClNO3S. The highest BCUT2D eigenvalue weighted by Gasteiger charge is 2.18. The quantitative estimate of drug-likeness (QED) is 0.645. The Morgan fingerprint density at radius 1 is 1.39 bits per heavy atom. The van der Waals surface area contributed by atoms with Gasteiger partial charge in [0.05, 0.1) is 22.3 Å². The van der Waals surface area contributed by atoms with Crippen LogP contribution in [0.5, 0.6) is 0 Å². The SMILES string of the molecule is CC(C)COCCS(=O)(=O)c1cc(N)ccc1Cl. The highest BCUT2D eigenvalue weighted by molar-refractivity contribution is 7.91. The van der Waals surface area contributed by atoms with Gasteiger partial charge in [0.2, 0.25) is 0 Å². The topological polar surface area (TPSA) is 69.4 Å². The van der Waals surface area contributed by atoms with Gasteiger partial charge >= 0.3 is 0 Å². The third kappa shape index (κ3) is 4.48. The second-order valence-corrected chi connectivity index (χ2v) is 6.96. The Morgan fingerprint density at radius 3 is 2.67 bits per heavy atom. The molecule has 102 valence electrons. The van der Waals surface area contributed by atoms with Crippen LogP contribution in [-0.2, 0) is 14.6 Å². The van der Waals surface area contributed by atoms with E-state index in [9.17, 15) is 8.42 Å². The lowest BCUT2D eigenvalue weighted by Gasteiger charge is -2.09. The molecular weight excluding hydrogens is 274 g/mol. The lowest BCUT2D eigenvalue weighted by molar-refractivity contribution is 0.123. The van der Waals surface area contributed by atoms with Crippen molar-refractivity contribution in [2.24, 2.45) is 5.92 Å². The van der Waals surface area contributed by atoms with Crippen LogP contribution < -0.4 is 5.73 Å². The number of anilines is 1. The van der Waals surface area contributed by atoms with E-state index in [1.165, 1.54) is 12.1 Å². The van der Waals surface area contributed by atoms with Crippen molar-refractivity contribution in [3.63, 3.8) is 0 Å². The second-order valence-electron chi connectivity index (χ2n) is 4.48. The van der Waals surface area contributed by atoms with Gasteiger partial charge in [-0.15, -0.1) is 0 Å². The fourth-order valence-electron chi connectivity index (χ4n) is 1.36. The standard InChI is InChI=1S/C12H18ClNO3S/c1-9(2)8-17-5-6-18(15,16)12-7-10(14)3-4-11(12)13/h3-4,7,9H,5-6,8,14H2,1-2H3. The Bertz CT molecular complexity index is 500. The van der Waals surface area contributed by atoms with E-state index in [1.807, 2.05) is 13.8 Å². The number of rotatable bonds is 6. The maximum absolute atomic E-state index is 12.0. The molecule has 0 bridgehead atoms. The van der Waals surface area contributed by atoms with Crippen LogP contribution in [0, 0.1) is 5.92 Å². The van der Waals surface area contributed by atoms with Gasteiger partial charge < -0.3 is 10.5 Å². The van der Waals surface area contributed by atoms with Crippen molar-refractivity contribution in [2.75, 3.05) is 24.7 Å². The Balaban J connectivity index is 2.71. The number of ether oxygens (including phenoxy) is 1. The highest BCUT2D eigenvalue weighted by atomic mass is 35.5. The smallest absolute Gasteiger partial charge is 0.182 e. The summed E-state index contributed by atoms with van der Waals surface area (Å²) in [6, 6.07) is 4.43. The molecule has 0 aliphatic rings. The fourth-order valence-corrected chi connectivity index (χ4v) is 3.06. The Kier molecular flexibility index (Phi) is 5.44. The van der Waals surface area contributed by atoms with E-state index < -0.39 is 9.84 Å². The Labute approximate surface area is 113 Å². The molecule has 0 aliphatic heterocycles. The van der Waals surface area contributed by atoms with Crippen LogP contribution >= 0.6 is 11.6 Å². The first-order valence-electron chi connectivity index (χ1n) is 5.68. The zero-order valence-corrected chi connectivity index (χ0v) is 12.1. The van der Waals surface area contributed by atoms with Crippen LogP contribution in [0.3, 0.4) is 0 Å². The van der Waals surface area contributed by atoms with Gasteiger partial charge in [-0.1, -0.05) is 25.4 Å². The third-order valence-corrected chi connectivity index (χ3v) is 4.39. The molecule has 0 amide bonds. The summed E-state index contributed by atoms with van der Waals surface area (Å²) in [5, 5.41) is 0.188. The Hall–Kier alpha value is -0.780. The van der Waals surface area contributed by atoms with Crippen molar-refractivity contribution < 1.29 is 13.2 Å². The van der Waals surface area contributed by atoms with Crippen molar-refractivity contribution in [1.29, 1.82) is 0 Å². The summed E-state index contributed by atoms with van der Waals surface area (Å²) in [7, 11) is -3.45.